The van der Waals surface area contributed by atoms with Gasteiger partial charge in [0.2, 0.25) is 0 Å². The third-order valence-electron chi connectivity index (χ3n) is 6.12. The molecule has 2 aromatic rings. The number of allylic oxidation sites excluding steroid dienone is 2. The second kappa shape index (κ2) is 11.8. The van der Waals surface area contributed by atoms with E-state index in [2.05, 4.69) is 10.2 Å². The Kier molecular flexibility index (Phi) is 9.03. The van der Waals surface area contributed by atoms with Crippen LogP contribution in [0.5, 0.6) is 0 Å². The van der Waals surface area contributed by atoms with Crippen LogP contribution in [0.25, 0.3) is 17.2 Å². The summed E-state index contributed by atoms with van der Waals surface area (Å²) < 4.78 is 31.6. The molecule has 0 amide bonds. The molecule has 0 saturated heterocycles. The molecule has 2 aromatic carbocycles. The van der Waals surface area contributed by atoms with Gasteiger partial charge < -0.3 is 19.4 Å². The molecule has 200 valence electrons. The molecule has 0 saturated carbocycles. The Morgan fingerprint density at radius 2 is 1.92 bits per heavy atom. The van der Waals surface area contributed by atoms with Gasteiger partial charge in [-0.3, -0.25) is 4.79 Å². The quantitative estimate of drug-likeness (QED) is 0.204. The van der Waals surface area contributed by atoms with Crippen LogP contribution >= 0.6 is 12.4 Å². The van der Waals surface area contributed by atoms with Crippen LogP contribution in [0.3, 0.4) is 0 Å². The molecule has 1 aliphatic heterocycles. The highest BCUT2D eigenvalue weighted by Crippen LogP contribution is 2.44. The van der Waals surface area contributed by atoms with Crippen molar-refractivity contribution in [2.24, 2.45) is 0 Å². The Hall–Kier alpha value is -3.60. The largest absolute Gasteiger partial charge is 0.612 e. The van der Waals surface area contributed by atoms with Crippen molar-refractivity contribution in [2.45, 2.75) is 30.9 Å². The van der Waals surface area contributed by atoms with Crippen LogP contribution in [-0.4, -0.2) is 34.2 Å². The smallest absolute Gasteiger partial charge is 0.312 e. The third kappa shape index (κ3) is 6.63. The van der Waals surface area contributed by atoms with Gasteiger partial charge in [-0.1, -0.05) is 12.1 Å². The van der Waals surface area contributed by atoms with E-state index in [1.807, 2.05) is 25.1 Å². The lowest BCUT2D eigenvalue weighted by Gasteiger charge is -2.29. The number of carbonyl (C=O) groups excluding carboxylic acids is 1. The summed E-state index contributed by atoms with van der Waals surface area (Å²) in [5.74, 6) is -0.939. The number of nitrogens with zero attached hydrogens (tertiary/aromatic N) is 1. The summed E-state index contributed by atoms with van der Waals surface area (Å²) in [5.41, 5.74) is 4.03. The van der Waals surface area contributed by atoms with Gasteiger partial charge in [-0.05, 0) is 113 Å². The summed E-state index contributed by atoms with van der Waals surface area (Å²) in [6.07, 6.45) is 8.14. The van der Waals surface area contributed by atoms with E-state index in [1.165, 1.54) is 18.3 Å². The number of hydrogen-bond donors (Lipinski definition) is 1. The molecule has 1 aliphatic carbocycles. The Morgan fingerprint density at radius 1 is 1.21 bits per heavy atom. The topological polar surface area (TPSA) is 114 Å². The summed E-state index contributed by atoms with van der Waals surface area (Å²) in [7, 11) is 0. The van der Waals surface area contributed by atoms with Crippen molar-refractivity contribution in [1.29, 1.82) is 0 Å². The standard InChI is InChI=1S/C27H25FN2O6S.ClH/c1-17-23(12-18-4-7-21(8-5-18)37(3)34)22-9-6-20(28)13-25(22)24(17)14-26(31)36-27(2)11-10-19(15-29-27)16-35-30(32)33;/h4-13,15,29H,14,16H2,1-3H3;1H/b23-12-;. The van der Waals surface area contributed by atoms with Crippen molar-refractivity contribution in [2.75, 3.05) is 12.9 Å². The summed E-state index contributed by atoms with van der Waals surface area (Å²) in [6, 6.07) is 11.8. The first kappa shape index (κ1) is 29.0. The van der Waals surface area contributed by atoms with Crippen molar-refractivity contribution in [3.8, 4) is 0 Å². The second-order valence-electron chi connectivity index (χ2n) is 8.83. The number of carbonyl (C=O) groups is 1. The SMILES string of the molecule is CC1=C(CC(=O)OC2(C)C=CC(CO[N+](=O)[O-])=CN2)c2cc(F)ccc2/C1=C\c1ccc([S+](C)[O-])cc1.Cl. The fourth-order valence-electron chi connectivity index (χ4n) is 4.20. The lowest BCUT2D eigenvalue weighted by Crippen LogP contribution is -2.43. The first-order valence-corrected chi connectivity index (χ1v) is 12.9. The van der Waals surface area contributed by atoms with Gasteiger partial charge in [0.25, 0.3) is 5.09 Å². The predicted octanol–water partition coefficient (Wildman–Crippen LogP) is 5.21. The van der Waals surface area contributed by atoms with E-state index in [4.69, 9.17) is 4.74 Å². The monoisotopic (exact) mass is 560 g/mol. The number of halogens is 2. The Labute approximate surface area is 228 Å². The molecule has 38 heavy (non-hydrogen) atoms. The first-order chi connectivity index (χ1) is 17.5. The van der Waals surface area contributed by atoms with E-state index < -0.39 is 33.8 Å². The minimum atomic E-state index is -1.16. The highest BCUT2D eigenvalue weighted by atomic mass is 35.5. The number of rotatable bonds is 8. The number of dihydropyridines is 1. The lowest BCUT2D eigenvalue weighted by molar-refractivity contribution is -0.755. The van der Waals surface area contributed by atoms with Crippen molar-refractivity contribution in [3.05, 3.63) is 105 Å². The van der Waals surface area contributed by atoms with Gasteiger partial charge in [0.05, 0.1) is 6.42 Å². The van der Waals surface area contributed by atoms with Crippen molar-refractivity contribution in [1.82, 2.24) is 5.32 Å². The number of fused-ring (bicyclic) bond motifs is 1. The van der Waals surface area contributed by atoms with Crippen LogP contribution in [0.15, 0.2) is 76.9 Å². The molecule has 2 aliphatic rings. The molecule has 0 radical (unpaired) electrons. The minimum absolute atomic E-state index is 0. The van der Waals surface area contributed by atoms with Gasteiger partial charge in [0.1, 0.15) is 18.7 Å². The molecule has 1 N–H and O–H groups in total. The zero-order valence-electron chi connectivity index (χ0n) is 20.9. The minimum Gasteiger partial charge on any atom is -0.612 e. The Balaban J connectivity index is 0.00000400. The van der Waals surface area contributed by atoms with Crippen molar-refractivity contribution < 1.29 is 28.4 Å². The van der Waals surface area contributed by atoms with Crippen LogP contribution in [0.4, 0.5) is 4.39 Å². The van der Waals surface area contributed by atoms with E-state index in [-0.39, 0.29) is 25.4 Å². The number of hydrogen-bond acceptors (Lipinski definition) is 7. The van der Waals surface area contributed by atoms with E-state index in [0.29, 0.717) is 16.7 Å². The summed E-state index contributed by atoms with van der Waals surface area (Å²) in [6.45, 7) is 3.29. The van der Waals surface area contributed by atoms with Crippen molar-refractivity contribution in [3.63, 3.8) is 0 Å². The molecule has 0 aromatic heterocycles. The van der Waals surface area contributed by atoms with Gasteiger partial charge >= 0.3 is 5.97 Å². The zero-order chi connectivity index (χ0) is 26.7. The maximum Gasteiger partial charge on any atom is 0.312 e. The highest BCUT2D eigenvalue weighted by molar-refractivity contribution is 7.90. The Morgan fingerprint density at radius 3 is 2.53 bits per heavy atom. The molecule has 0 bridgehead atoms. The van der Waals surface area contributed by atoms with E-state index >= 15 is 0 Å². The fraction of sp³-hybridized carbons (Fsp3) is 0.222. The number of esters is 1. The first-order valence-electron chi connectivity index (χ1n) is 11.4. The molecular formula is C27H26ClFN2O6S. The average molecular weight is 561 g/mol. The number of nitrogens with one attached hydrogen (secondary N) is 1. The Bertz CT molecular complexity index is 1370. The van der Waals surface area contributed by atoms with Crippen LogP contribution in [0, 0.1) is 15.9 Å². The predicted molar refractivity (Wildman–Crippen MR) is 145 cm³/mol. The normalized spacial score (nSPS) is 19.7. The number of benzene rings is 2. The molecule has 4 rings (SSSR count). The summed E-state index contributed by atoms with van der Waals surface area (Å²) in [5, 5.41) is 12.4. The van der Waals surface area contributed by atoms with E-state index in [9.17, 15) is 23.9 Å². The van der Waals surface area contributed by atoms with Gasteiger partial charge in [0.15, 0.2) is 10.6 Å². The maximum absolute atomic E-state index is 14.2. The summed E-state index contributed by atoms with van der Waals surface area (Å²) in [4.78, 5) is 28.4. The van der Waals surface area contributed by atoms with Gasteiger partial charge in [0, 0.05) is 6.20 Å². The van der Waals surface area contributed by atoms with E-state index in [0.717, 1.165) is 27.2 Å². The highest BCUT2D eigenvalue weighted by Gasteiger charge is 2.30. The van der Waals surface area contributed by atoms with Gasteiger partial charge in [-0.2, -0.15) is 0 Å². The van der Waals surface area contributed by atoms with Crippen molar-refractivity contribution >= 4 is 46.8 Å². The molecule has 8 nitrogen and oxygen atoms in total. The molecule has 1 heterocycles. The average Bonchev–Trinajstić information content (AvgIpc) is 3.09. The maximum atomic E-state index is 14.2. The molecule has 11 heteroatoms. The molecular weight excluding hydrogens is 535 g/mol. The van der Waals surface area contributed by atoms with Gasteiger partial charge in [-0.15, -0.1) is 22.5 Å². The summed E-state index contributed by atoms with van der Waals surface area (Å²) >= 11 is -1.08. The molecule has 2 atom stereocenters. The third-order valence-corrected chi connectivity index (χ3v) is 7.06. The molecule has 0 spiro atoms. The van der Waals surface area contributed by atoms with Crippen LogP contribution in [0.1, 0.15) is 37.0 Å². The second-order valence-corrected chi connectivity index (χ2v) is 10.2. The fourth-order valence-corrected chi connectivity index (χ4v) is 4.72. The van der Waals surface area contributed by atoms with E-state index in [1.54, 1.807) is 43.5 Å². The van der Waals surface area contributed by atoms with Crippen LogP contribution < -0.4 is 5.32 Å². The van der Waals surface area contributed by atoms with Crippen LogP contribution in [-0.2, 0) is 25.5 Å². The molecule has 0 fully saturated rings. The number of ether oxygens (including phenoxy) is 1. The lowest BCUT2D eigenvalue weighted by atomic mass is 10.0. The van der Waals surface area contributed by atoms with Crippen LogP contribution in [0.2, 0.25) is 0 Å². The molecule has 2 unspecified atom stereocenters. The zero-order valence-corrected chi connectivity index (χ0v) is 22.5. The van der Waals surface area contributed by atoms with Gasteiger partial charge in [-0.25, -0.2) is 4.39 Å².